The highest BCUT2D eigenvalue weighted by Gasteiger charge is 2.46. The van der Waals surface area contributed by atoms with Crippen LogP contribution in [0.15, 0.2) is 11.8 Å². The highest BCUT2D eigenvalue weighted by molar-refractivity contribution is 7.80. The summed E-state index contributed by atoms with van der Waals surface area (Å²) < 4.78 is 5.61. The van der Waals surface area contributed by atoms with Crippen molar-refractivity contribution in [3.8, 4) is 0 Å². The van der Waals surface area contributed by atoms with E-state index in [4.69, 9.17) is 17.0 Å². The number of thiocarbonyl (C=S) groups is 1. The summed E-state index contributed by atoms with van der Waals surface area (Å²) in [6.45, 7) is 13.0. The molecule has 3 atom stereocenters. The largest absolute Gasteiger partial charge is 0.465 e. The molecular weight excluding hydrogens is 358 g/mol. The van der Waals surface area contributed by atoms with E-state index in [-0.39, 0.29) is 11.4 Å². The first kappa shape index (κ1) is 22.2. The van der Waals surface area contributed by atoms with Gasteiger partial charge in [0.05, 0.1) is 12.0 Å². The molecule has 1 saturated carbocycles. The predicted octanol–water partition coefficient (Wildman–Crippen LogP) is 4.45. The van der Waals surface area contributed by atoms with Crippen molar-refractivity contribution < 1.29 is 9.53 Å². The first-order chi connectivity index (χ1) is 12.8. The Balaban J connectivity index is 1.59. The molecule has 0 spiro atoms. The van der Waals surface area contributed by atoms with Gasteiger partial charge in [-0.05, 0) is 64.7 Å². The number of hydrazine groups is 2. The lowest BCUT2D eigenvalue weighted by molar-refractivity contribution is -0.157. The Labute approximate surface area is 170 Å². The topological polar surface area (TPSA) is 44.8 Å². The first-order valence-electron chi connectivity index (χ1n) is 10.5. The average Bonchev–Trinajstić information content (AvgIpc) is 2.90. The van der Waals surface area contributed by atoms with E-state index >= 15 is 0 Å². The molecule has 1 aliphatic carbocycles. The van der Waals surface area contributed by atoms with Crippen molar-refractivity contribution in [3.63, 3.8) is 0 Å². The molecule has 1 fully saturated rings. The highest BCUT2D eigenvalue weighted by atomic mass is 32.1. The van der Waals surface area contributed by atoms with Gasteiger partial charge in [-0.1, -0.05) is 32.5 Å². The Hall–Kier alpha value is -1.14. The van der Waals surface area contributed by atoms with Gasteiger partial charge in [-0.3, -0.25) is 14.8 Å². The first-order valence-corrected chi connectivity index (χ1v) is 10.9. The van der Waals surface area contributed by atoms with Crippen LogP contribution in [-0.2, 0) is 9.53 Å². The van der Waals surface area contributed by atoms with Crippen LogP contribution >= 0.6 is 12.2 Å². The standard InChI is InChI=1S/C21H37N3O2S/c1-6-23-15-17(3)19(27)24(22-23)11-9-7-8-10-12-26-20(25)21(5)14-16(2)13-18(21)4/h15-16,18,22H,6-14H2,1-5H3. The monoisotopic (exact) mass is 395 g/mol. The Bertz CT molecular complexity index is 566. The molecule has 1 aliphatic heterocycles. The van der Waals surface area contributed by atoms with Gasteiger partial charge in [0.15, 0.2) is 0 Å². The van der Waals surface area contributed by atoms with Crippen LogP contribution in [0.25, 0.3) is 0 Å². The van der Waals surface area contributed by atoms with E-state index in [9.17, 15) is 4.79 Å². The van der Waals surface area contributed by atoms with Crippen molar-refractivity contribution in [2.75, 3.05) is 19.7 Å². The van der Waals surface area contributed by atoms with Crippen molar-refractivity contribution >= 4 is 23.2 Å². The molecule has 3 unspecified atom stereocenters. The molecule has 154 valence electrons. The van der Waals surface area contributed by atoms with E-state index in [1.54, 1.807) is 0 Å². The average molecular weight is 396 g/mol. The molecule has 27 heavy (non-hydrogen) atoms. The van der Waals surface area contributed by atoms with Crippen LogP contribution in [0.1, 0.15) is 73.1 Å². The fourth-order valence-corrected chi connectivity index (χ4v) is 4.44. The zero-order valence-electron chi connectivity index (χ0n) is 17.7. The van der Waals surface area contributed by atoms with Crippen molar-refractivity contribution in [1.82, 2.24) is 15.6 Å². The van der Waals surface area contributed by atoms with E-state index in [0.29, 0.717) is 18.4 Å². The zero-order valence-corrected chi connectivity index (χ0v) is 18.5. The molecule has 0 amide bonds. The molecule has 6 heteroatoms. The Kier molecular flexibility index (Phi) is 8.10. The minimum absolute atomic E-state index is 0.00383. The van der Waals surface area contributed by atoms with Crippen LogP contribution in [-0.4, -0.2) is 40.7 Å². The Morgan fingerprint density at radius 1 is 1.33 bits per heavy atom. The maximum Gasteiger partial charge on any atom is 0.312 e. The highest BCUT2D eigenvalue weighted by Crippen LogP contribution is 2.46. The Morgan fingerprint density at radius 3 is 2.67 bits per heavy atom. The van der Waals surface area contributed by atoms with Gasteiger partial charge >= 0.3 is 5.97 Å². The number of nitrogens with one attached hydrogen (secondary N) is 1. The quantitative estimate of drug-likeness (QED) is 0.353. The van der Waals surface area contributed by atoms with Gasteiger partial charge in [0.1, 0.15) is 4.99 Å². The van der Waals surface area contributed by atoms with E-state index in [1.165, 1.54) is 0 Å². The minimum Gasteiger partial charge on any atom is -0.465 e. The van der Waals surface area contributed by atoms with Crippen LogP contribution in [0.4, 0.5) is 0 Å². The van der Waals surface area contributed by atoms with Gasteiger partial charge in [-0.15, -0.1) is 5.53 Å². The number of carbonyl (C=O) groups excluding carboxylic acids is 1. The van der Waals surface area contributed by atoms with Crippen LogP contribution < -0.4 is 5.53 Å². The third kappa shape index (κ3) is 5.67. The van der Waals surface area contributed by atoms with Crippen molar-refractivity contribution in [1.29, 1.82) is 0 Å². The van der Waals surface area contributed by atoms with Gasteiger partial charge in [0.2, 0.25) is 0 Å². The van der Waals surface area contributed by atoms with E-state index in [1.807, 2.05) is 0 Å². The summed E-state index contributed by atoms with van der Waals surface area (Å²) in [5, 5.41) is 4.10. The summed E-state index contributed by atoms with van der Waals surface area (Å²) in [5.41, 5.74) is 4.16. The lowest BCUT2D eigenvalue weighted by Crippen LogP contribution is -2.53. The number of esters is 1. The maximum atomic E-state index is 12.5. The number of ether oxygens (including phenoxy) is 1. The molecule has 2 aliphatic rings. The van der Waals surface area contributed by atoms with Crippen LogP contribution in [0.2, 0.25) is 0 Å². The van der Waals surface area contributed by atoms with Gasteiger partial charge in [-0.2, -0.15) is 0 Å². The molecule has 0 aromatic heterocycles. The fourth-order valence-electron chi connectivity index (χ4n) is 4.26. The normalized spacial score (nSPS) is 28.5. The number of hydrogen-bond donors (Lipinski definition) is 1. The second-order valence-electron chi connectivity index (χ2n) is 8.57. The molecule has 0 saturated heterocycles. The Morgan fingerprint density at radius 2 is 2.04 bits per heavy atom. The summed E-state index contributed by atoms with van der Waals surface area (Å²) in [4.78, 5) is 13.4. The number of unbranched alkanes of at least 4 members (excludes halogenated alkanes) is 3. The SMILES string of the molecule is CCN1C=C(C)C(=S)N(CCCCCCOC(=O)C2(C)CC(C)CC2C)N1. The molecule has 0 bridgehead atoms. The lowest BCUT2D eigenvalue weighted by atomic mass is 9.81. The summed E-state index contributed by atoms with van der Waals surface area (Å²) in [7, 11) is 0. The number of hydrogen-bond acceptors (Lipinski definition) is 5. The summed E-state index contributed by atoms with van der Waals surface area (Å²) >= 11 is 5.49. The maximum absolute atomic E-state index is 12.5. The molecule has 0 aromatic carbocycles. The predicted molar refractivity (Wildman–Crippen MR) is 114 cm³/mol. The minimum atomic E-state index is -0.286. The number of carbonyl (C=O) groups is 1. The molecular formula is C21H37N3O2S. The number of nitrogens with zero attached hydrogens (tertiary/aromatic N) is 2. The second-order valence-corrected chi connectivity index (χ2v) is 8.96. The molecule has 5 nitrogen and oxygen atoms in total. The van der Waals surface area contributed by atoms with Gasteiger partial charge in [0.25, 0.3) is 0 Å². The summed E-state index contributed by atoms with van der Waals surface area (Å²) in [6, 6.07) is 0. The summed E-state index contributed by atoms with van der Waals surface area (Å²) in [5.74, 6) is 1.04. The van der Waals surface area contributed by atoms with Crippen molar-refractivity contribution in [2.24, 2.45) is 17.3 Å². The molecule has 1 heterocycles. The summed E-state index contributed by atoms with van der Waals surface area (Å²) in [6.07, 6.45) is 8.32. The third-order valence-electron chi connectivity index (χ3n) is 6.11. The van der Waals surface area contributed by atoms with E-state index in [2.05, 4.69) is 56.4 Å². The van der Waals surface area contributed by atoms with Gasteiger partial charge in [-0.25, -0.2) is 0 Å². The van der Waals surface area contributed by atoms with Crippen LogP contribution in [0.5, 0.6) is 0 Å². The molecule has 1 N–H and O–H groups in total. The fraction of sp³-hybridized carbons (Fsp3) is 0.810. The van der Waals surface area contributed by atoms with Crippen LogP contribution in [0, 0.1) is 17.3 Å². The van der Waals surface area contributed by atoms with Gasteiger partial charge in [0, 0.05) is 24.9 Å². The van der Waals surface area contributed by atoms with Gasteiger partial charge < -0.3 is 4.74 Å². The van der Waals surface area contributed by atoms with Crippen molar-refractivity contribution in [3.05, 3.63) is 11.8 Å². The third-order valence-corrected chi connectivity index (χ3v) is 6.66. The van der Waals surface area contributed by atoms with E-state index < -0.39 is 0 Å². The zero-order chi connectivity index (χ0) is 20.0. The van der Waals surface area contributed by atoms with E-state index in [0.717, 1.165) is 62.2 Å². The number of rotatable bonds is 9. The molecule has 2 rings (SSSR count). The molecule has 0 radical (unpaired) electrons. The van der Waals surface area contributed by atoms with Crippen molar-refractivity contribution in [2.45, 2.75) is 73.1 Å². The molecule has 0 aromatic rings. The van der Waals surface area contributed by atoms with Crippen LogP contribution in [0.3, 0.4) is 0 Å². The second kappa shape index (κ2) is 9.87. The smallest absolute Gasteiger partial charge is 0.312 e. The lowest BCUT2D eigenvalue weighted by Gasteiger charge is -2.36.